The minimum atomic E-state index is 0.462. The summed E-state index contributed by atoms with van der Waals surface area (Å²) < 4.78 is 17.8. The average Bonchev–Trinajstić information content (AvgIpc) is 2.88. The van der Waals surface area contributed by atoms with Crippen LogP contribution in [0.4, 0.5) is 17.3 Å². The molecule has 1 aromatic heterocycles. The molecule has 0 unspecified atom stereocenters. The first kappa shape index (κ1) is 23.4. The van der Waals surface area contributed by atoms with E-state index in [1.807, 2.05) is 36.4 Å². The van der Waals surface area contributed by atoms with Crippen molar-refractivity contribution in [2.24, 2.45) is 0 Å². The maximum atomic E-state index is 6.22. The van der Waals surface area contributed by atoms with Crippen LogP contribution in [0.25, 0.3) is 11.3 Å². The fourth-order valence-corrected chi connectivity index (χ4v) is 4.43. The minimum Gasteiger partial charge on any atom is -0.491 e. The van der Waals surface area contributed by atoms with Crippen molar-refractivity contribution in [3.05, 3.63) is 54.7 Å². The van der Waals surface area contributed by atoms with Crippen LogP contribution >= 0.6 is 0 Å². The molecule has 2 aromatic carbocycles. The topological polar surface area (TPSA) is 72.0 Å². The summed E-state index contributed by atoms with van der Waals surface area (Å²) in [4.78, 5) is 14.1. The molecule has 2 aliphatic heterocycles. The Labute approximate surface area is 206 Å². The number of nitrogens with one attached hydrogen (secondary N) is 1. The highest BCUT2D eigenvalue weighted by atomic mass is 16.5. The maximum absolute atomic E-state index is 6.22. The number of fused-ring (bicyclic) bond motifs is 7. The Morgan fingerprint density at radius 3 is 2.54 bits per heavy atom. The van der Waals surface area contributed by atoms with E-state index in [-0.39, 0.29) is 0 Å². The molecule has 0 saturated carbocycles. The van der Waals surface area contributed by atoms with Crippen molar-refractivity contribution in [3.63, 3.8) is 0 Å². The maximum Gasteiger partial charge on any atom is 0.227 e. The van der Waals surface area contributed by atoms with Gasteiger partial charge < -0.3 is 24.4 Å². The summed E-state index contributed by atoms with van der Waals surface area (Å²) in [5, 5.41) is 3.35. The third-order valence-corrected chi connectivity index (χ3v) is 6.37. The molecule has 5 rings (SSSR count). The smallest absolute Gasteiger partial charge is 0.227 e. The van der Waals surface area contributed by atoms with Crippen LogP contribution in [0.1, 0.15) is 13.8 Å². The van der Waals surface area contributed by atoms with Gasteiger partial charge in [-0.25, -0.2) is 9.97 Å². The number of rotatable bonds is 2. The number of piperazine rings is 1. The van der Waals surface area contributed by atoms with Crippen LogP contribution in [0.3, 0.4) is 0 Å². The zero-order valence-electron chi connectivity index (χ0n) is 20.4. The predicted octanol–water partition coefficient (Wildman–Crippen LogP) is 4.21. The van der Waals surface area contributed by atoms with Gasteiger partial charge in [0, 0.05) is 55.7 Å². The van der Waals surface area contributed by atoms with Crippen LogP contribution in [0, 0.1) is 0 Å². The summed E-state index contributed by atoms with van der Waals surface area (Å²) in [5.74, 6) is 2.15. The van der Waals surface area contributed by atoms with E-state index in [2.05, 4.69) is 46.1 Å². The lowest BCUT2D eigenvalue weighted by Gasteiger charge is -2.38. The van der Waals surface area contributed by atoms with Gasteiger partial charge in [0.15, 0.2) is 0 Å². The molecule has 3 heterocycles. The molecule has 184 valence electrons. The molecule has 0 radical (unpaired) electrons. The molecule has 6 bridgehead atoms. The monoisotopic (exact) mass is 475 g/mol. The Morgan fingerprint density at radius 1 is 0.886 bits per heavy atom. The van der Waals surface area contributed by atoms with Gasteiger partial charge in [-0.2, -0.15) is 0 Å². The number of nitrogens with zero attached hydrogens (tertiary/aromatic N) is 4. The Morgan fingerprint density at radius 2 is 1.71 bits per heavy atom. The molecule has 1 saturated heterocycles. The molecule has 0 atom stereocenters. The minimum absolute atomic E-state index is 0.462. The molecule has 2 aliphatic rings. The Balaban J connectivity index is 1.42. The summed E-state index contributed by atoms with van der Waals surface area (Å²) in [6.07, 6.45) is 1.76. The van der Waals surface area contributed by atoms with Crippen LogP contribution in [-0.4, -0.2) is 73.5 Å². The fraction of sp³-hybridized carbons (Fsp3) is 0.407. The van der Waals surface area contributed by atoms with Gasteiger partial charge >= 0.3 is 0 Å². The second-order valence-electron chi connectivity index (χ2n) is 9.03. The average molecular weight is 476 g/mol. The predicted molar refractivity (Wildman–Crippen MR) is 138 cm³/mol. The highest BCUT2D eigenvalue weighted by Crippen LogP contribution is 2.33. The van der Waals surface area contributed by atoms with Crippen molar-refractivity contribution in [1.29, 1.82) is 0 Å². The summed E-state index contributed by atoms with van der Waals surface area (Å²) in [7, 11) is 0. The van der Waals surface area contributed by atoms with E-state index in [0.717, 1.165) is 60.3 Å². The molecule has 0 aliphatic carbocycles. The summed E-state index contributed by atoms with van der Waals surface area (Å²) in [5.41, 5.74) is 3.78. The molecule has 1 N–H and O–H groups in total. The summed E-state index contributed by atoms with van der Waals surface area (Å²) >= 11 is 0. The quantitative estimate of drug-likeness (QED) is 0.591. The number of ether oxygens (including phenoxy) is 3. The number of anilines is 3. The van der Waals surface area contributed by atoms with Crippen LogP contribution in [-0.2, 0) is 4.74 Å². The number of benzene rings is 2. The molecule has 0 amide bonds. The van der Waals surface area contributed by atoms with E-state index in [1.54, 1.807) is 6.20 Å². The lowest BCUT2D eigenvalue weighted by atomic mass is 10.1. The van der Waals surface area contributed by atoms with E-state index < -0.39 is 0 Å². The first-order valence-corrected chi connectivity index (χ1v) is 12.3. The SMILES string of the molecule is CC(C)N1CCN(c2ccc3cc2OCCOCCOc2cccc(c2)-c2ccnc(n2)N3)CC1. The highest BCUT2D eigenvalue weighted by Gasteiger charge is 2.22. The van der Waals surface area contributed by atoms with E-state index in [9.17, 15) is 0 Å². The van der Waals surface area contributed by atoms with Crippen molar-refractivity contribution in [1.82, 2.24) is 14.9 Å². The largest absolute Gasteiger partial charge is 0.491 e. The Kier molecular flexibility index (Phi) is 7.30. The third kappa shape index (κ3) is 5.83. The summed E-state index contributed by atoms with van der Waals surface area (Å²) in [6, 6.07) is 16.6. The normalized spacial score (nSPS) is 17.2. The highest BCUT2D eigenvalue weighted by molar-refractivity contribution is 5.68. The van der Waals surface area contributed by atoms with E-state index in [0.29, 0.717) is 38.4 Å². The summed E-state index contributed by atoms with van der Waals surface area (Å²) in [6.45, 7) is 10.5. The standard InChI is InChI=1S/C27H33N5O3/c1-20(2)31-10-12-32(13-11-31)25-7-6-22-19-26(25)35-17-15-33-14-16-34-23-5-3-4-21(18-23)24-8-9-28-27(29-22)30-24/h3-9,18-20H,10-17H2,1-2H3,(H,28,29,30). The first-order chi connectivity index (χ1) is 17.2. The lowest BCUT2D eigenvalue weighted by molar-refractivity contribution is 0.0765. The van der Waals surface area contributed by atoms with Crippen molar-refractivity contribution in [2.45, 2.75) is 19.9 Å². The molecule has 35 heavy (non-hydrogen) atoms. The Bertz CT molecular complexity index is 1130. The van der Waals surface area contributed by atoms with Crippen LogP contribution < -0.4 is 19.7 Å². The molecule has 8 nitrogen and oxygen atoms in total. The van der Waals surface area contributed by atoms with Crippen molar-refractivity contribution in [3.8, 4) is 22.8 Å². The van der Waals surface area contributed by atoms with Gasteiger partial charge in [-0.1, -0.05) is 12.1 Å². The zero-order chi connectivity index (χ0) is 24.0. The van der Waals surface area contributed by atoms with Crippen LogP contribution in [0.5, 0.6) is 11.5 Å². The number of hydrogen-bond acceptors (Lipinski definition) is 8. The second kappa shape index (κ2) is 10.9. The zero-order valence-corrected chi connectivity index (χ0v) is 20.4. The van der Waals surface area contributed by atoms with E-state index in [4.69, 9.17) is 19.2 Å². The van der Waals surface area contributed by atoms with Crippen molar-refractivity contribution in [2.75, 3.05) is 62.8 Å². The second-order valence-corrected chi connectivity index (χ2v) is 9.03. The van der Waals surface area contributed by atoms with E-state index >= 15 is 0 Å². The fourth-order valence-electron chi connectivity index (χ4n) is 4.43. The van der Waals surface area contributed by atoms with Crippen LogP contribution in [0.15, 0.2) is 54.7 Å². The van der Waals surface area contributed by atoms with Crippen LogP contribution in [0.2, 0.25) is 0 Å². The Hall–Kier alpha value is -3.36. The van der Waals surface area contributed by atoms with Gasteiger partial charge in [-0.15, -0.1) is 0 Å². The number of aromatic nitrogens is 2. The van der Waals surface area contributed by atoms with Gasteiger partial charge in [0.1, 0.15) is 24.7 Å². The molecular formula is C27H33N5O3. The van der Waals surface area contributed by atoms with Gasteiger partial charge in [0.05, 0.1) is 24.6 Å². The van der Waals surface area contributed by atoms with Gasteiger partial charge in [0.2, 0.25) is 5.95 Å². The molecular weight excluding hydrogens is 442 g/mol. The molecule has 3 aromatic rings. The molecule has 0 spiro atoms. The molecule has 1 fully saturated rings. The molecule has 8 heteroatoms. The van der Waals surface area contributed by atoms with Crippen molar-refractivity contribution < 1.29 is 14.2 Å². The van der Waals surface area contributed by atoms with Gasteiger partial charge in [-0.3, -0.25) is 4.90 Å². The van der Waals surface area contributed by atoms with Crippen molar-refractivity contribution >= 4 is 17.3 Å². The number of hydrogen-bond donors (Lipinski definition) is 1. The lowest BCUT2D eigenvalue weighted by Crippen LogP contribution is -2.49. The van der Waals surface area contributed by atoms with E-state index in [1.165, 1.54) is 0 Å². The van der Waals surface area contributed by atoms with Gasteiger partial charge in [0.25, 0.3) is 0 Å². The third-order valence-electron chi connectivity index (χ3n) is 6.37. The van der Waals surface area contributed by atoms with Gasteiger partial charge in [-0.05, 0) is 44.2 Å². The first-order valence-electron chi connectivity index (χ1n) is 12.3.